The fourth-order valence-corrected chi connectivity index (χ4v) is 7.67. The van der Waals surface area contributed by atoms with E-state index in [1.54, 1.807) is 0 Å². The van der Waals surface area contributed by atoms with Crippen LogP contribution in [0.2, 0.25) is 0 Å². The van der Waals surface area contributed by atoms with Crippen molar-refractivity contribution < 1.29 is 17.5 Å². The molecule has 1 saturated carbocycles. The van der Waals surface area contributed by atoms with Gasteiger partial charge in [0, 0.05) is 36.6 Å². The molecule has 1 unspecified atom stereocenters. The summed E-state index contributed by atoms with van der Waals surface area (Å²) in [6.07, 6.45) is 10.8. The van der Waals surface area contributed by atoms with Gasteiger partial charge in [0.05, 0.1) is 0 Å². The monoisotopic (exact) mass is 742 g/mol. The number of nitrogens with zero attached hydrogens (tertiary/aromatic N) is 1. The zero-order valence-corrected chi connectivity index (χ0v) is 31.0. The van der Waals surface area contributed by atoms with Gasteiger partial charge in [-0.2, -0.15) is 4.57 Å². The van der Waals surface area contributed by atoms with Crippen LogP contribution in [0.4, 0.5) is 5.69 Å². The summed E-state index contributed by atoms with van der Waals surface area (Å²) in [5, 5.41) is 4.12. The zero-order chi connectivity index (χ0) is 34.5. The van der Waals surface area contributed by atoms with E-state index < -0.39 is 0 Å². The number of nitrogens with one attached hydrogen (secondary N) is 1. The van der Waals surface area contributed by atoms with Gasteiger partial charge in [-0.15, -0.1) is 0 Å². The molecule has 5 aromatic carbocycles. The van der Waals surface area contributed by atoms with Crippen LogP contribution in [0.15, 0.2) is 164 Å². The third-order valence-electron chi connectivity index (χ3n) is 9.98. The quantitative estimate of drug-likeness (QED) is 0.109. The molecular weight excluding hydrogens is 698 g/mol. The number of anilines is 1. The van der Waals surface area contributed by atoms with Crippen molar-refractivity contribution in [3.05, 3.63) is 203 Å². The van der Waals surface area contributed by atoms with Crippen molar-refractivity contribution in [2.24, 2.45) is 0 Å². The Kier molecular flexibility index (Phi) is 13.2. The minimum absolute atomic E-state index is 0.0716. The van der Waals surface area contributed by atoms with Crippen molar-refractivity contribution in [3.8, 4) is 0 Å². The normalized spacial score (nSPS) is 13.9. The molecule has 1 N–H and O–H groups in total. The van der Waals surface area contributed by atoms with Gasteiger partial charge >= 0.3 is 33.2 Å². The first-order chi connectivity index (χ1) is 24.7. The first-order valence-corrected chi connectivity index (χ1v) is 20.5. The van der Waals surface area contributed by atoms with Gasteiger partial charge in [0.15, 0.2) is 12.4 Å². The molecule has 1 fully saturated rings. The molecule has 1 aliphatic rings. The van der Waals surface area contributed by atoms with Gasteiger partial charge in [-0.3, -0.25) is 0 Å². The van der Waals surface area contributed by atoms with Crippen LogP contribution >= 0.6 is 20.3 Å². The Morgan fingerprint density at radius 2 is 0.980 bits per heavy atom. The molecule has 50 heavy (non-hydrogen) atoms. The standard InChI is InChI=1S/C45H45N2.2ClH.Co/c1-34(47-30-18-7-19-31-47)46-45-41(35-20-8-2-9-21-35)32-40(43(36-22-10-3-11-23-36)37-24-12-4-13-25-37)33-42(45)44(38-26-14-5-15-27-38)39-28-16-6-17-29-39;;;/h3-7,10-19,22-35,43-44,46H,2,8-9,20-21H2,1H3;2*1H;/q+1;;;+2/p-2. The molecule has 7 rings (SSSR count). The van der Waals surface area contributed by atoms with Crippen molar-refractivity contribution in [2.75, 3.05) is 5.32 Å². The summed E-state index contributed by atoms with van der Waals surface area (Å²) in [5.41, 5.74) is 10.7. The van der Waals surface area contributed by atoms with Crippen LogP contribution < -0.4 is 9.88 Å². The van der Waals surface area contributed by atoms with E-state index in [1.165, 1.54) is 76.7 Å². The van der Waals surface area contributed by atoms with E-state index in [9.17, 15) is 0 Å². The number of hydrogen-bond donors (Lipinski definition) is 1. The van der Waals surface area contributed by atoms with E-state index in [0.29, 0.717) is 18.8 Å². The van der Waals surface area contributed by atoms with E-state index in [4.69, 9.17) is 20.3 Å². The second-order valence-corrected chi connectivity index (χ2v) is 14.8. The fourth-order valence-electron chi connectivity index (χ4n) is 7.67. The predicted molar refractivity (Wildman–Crippen MR) is 207 cm³/mol. The Hall–Kier alpha value is -3.86. The molecule has 0 saturated heterocycles. The summed E-state index contributed by atoms with van der Waals surface area (Å²) in [6.45, 7) is 2.28. The van der Waals surface area contributed by atoms with Crippen LogP contribution in [-0.2, 0) is 12.9 Å². The molecule has 0 radical (unpaired) electrons. The van der Waals surface area contributed by atoms with E-state index in [1.807, 2.05) is 0 Å². The maximum absolute atomic E-state index is 4.73. The molecule has 5 heteroatoms. The van der Waals surface area contributed by atoms with Gasteiger partial charge in [0.2, 0.25) is 6.17 Å². The second-order valence-electron chi connectivity index (χ2n) is 13.1. The Bertz CT molecular complexity index is 1790. The van der Waals surface area contributed by atoms with Gasteiger partial charge in [-0.25, -0.2) is 0 Å². The molecule has 257 valence electrons. The number of pyridine rings is 1. The molecular formula is C45H45Cl2CoN2+. The van der Waals surface area contributed by atoms with E-state index in [2.05, 4.69) is 181 Å². The Labute approximate surface area is 313 Å². The van der Waals surface area contributed by atoms with Crippen LogP contribution in [0.1, 0.15) is 102 Å². The van der Waals surface area contributed by atoms with Gasteiger partial charge in [0.1, 0.15) is 0 Å². The van der Waals surface area contributed by atoms with Crippen molar-refractivity contribution in [1.29, 1.82) is 0 Å². The van der Waals surface area contributed by atoms with Crippen LogP contribution in [0, 0.1) is 0 Å². The molecule has 6 aromatic rings. The molecule has 1 aliphatic carbocycles. The molecule has 0 bridgehead atoms. The summed E-state index contributed by atoms with van der Waals surface area (Å²) >= 11 is 0.382. The Morgan fingerprint density at radius 3 is 1.44 bits per heavy atom. The number of halogens is 2. The second kappa shape index (κ2) is 18.4. The van der Waals surface area contributed by atoms with Gasteiger partial charge in [-0.1, -0.05) is 159 Å². The van der Waals surface area contributed by atoms with E-state index >= 15 is 0 Å². The summed E-state index contributed by atoms with van der Waals surface area (Å²) in [6, 6.07) is 55.8. The third-order valence-corrected chi connectivity index (χ3v) is 9.98. The minimum atomic E-state index is 0.0716. The van der Waals surface area contributed by atoms with E-state index in [0.717, 1.165) is 0 Å². The molecule has 2 nitrogen and oxygen atoms in total. The van der Waals surface area contributed by atoms with Crippen LogP contribution in [-0.4, -0.2) is 0 Å². The molecule has 0 aliphatic heterocycles. The summed E-state index contributed by atoms with van der Waals surface area (Å²) in [7, 11) is 9.47. The van der Waals surface area contributed by atoms with Gasteiger partial charge in [0.25, 0.3) is 0 Å². The van der Waals surface area contributed by atoms with Crippen LogP contribution in [0.3, 0.4) is 0 Å². The molecule has 1 atom stereocenters. The number of rotatable bonds is 10. The SMILES string of the molecule is CC(Nc1c(C2CCCCC2)cc(C(c2ccccc2)c2ccccc2)cc1C(c1ccccc1)c1ccccc1)[n+]1ccccc1.[Cl][Co][Cl]. The topological polar surface area (TPSA) is 15.9 Å². The van der Waals surface area contributed by atoms with Crippen molar-refractivity contribution in [3.63, 3.8) is 0 Å². The molecule has 1 heterocycles. The number of benzene rings is 5. The van der Waals surface area contributed by atoms with Gasteiger partial charge in [-0.05, 0) is 57.7 Å². The predicted octanol–water partition coefficient (Wildman–Crippen LogP) is 12.4. The average Bonchev–Trinajstić information content (AvgIpc) is 3.18. The van der Waals surface area contributed by atoms with E-state index in [-0.39, 0.29) is 18.0 Å². The Balaban J connectivity index is 0.00000139. The van der Waals surface area contributed by atoms with Crippen LogP contribution in [0.5, 0.6) is 0 Å². The summed E-state index contributed by atoms with van der Waals surface area (Å²) in [5.74, 6) is 0.709. The third kappa shape index (κ3) is 8.89. The maximum atomic E-state index is 4.73. The van der Waals surface area contributed by atoms with Crippen molar-refractivity contribution in [1.82, 2.24) is 0 Å². The fraction of sp³-hybridized carbons (Fsp3) is 0.222. The summed E-state index contributed by atoms with van der Waals surface area (Å²) < 4.78 is 2.28. The average molecular weight is 744 g/mol. The van der Waals surface area contributed by atoms with Crippen LogP contribution in [0.25, 0.3) is 0 Å². The van der Waals surface area contributed by atoms with Crippen molar-refractivity contribution in [2.45, 2.75) is 62.9 Å². The summed E-state index contributed by atoms with van der Waals surface area (Å²) in [4.78, 5) is 0. The Morgan fingerprint density at radius 1 is 0.560 bits per heavy atom. The van der Waals surface area contributed by atoms with Gasteiger partial charge < -0.3 is 5.32 Å². The first-order valence-electron chi connectivity index (χ1n) is 17.6. The molecule has 0 amide bonds. The molecule has 0 spiro atoms. The first kappa shape index (κ1) is 35.9. The number of hydrogen-bond acceptors (Lipinski definition) is 1. The molecule has 1 aromatic heterocycles. The zero-order valence-electron chi connectivity index (χ0n) is 28.5. The number of aromatic nitrogens is 1. The van der Waals surface area contributed by atoms with Crippen molar-refractivity contribution >= 4 is 26.0 Å².